The summed E-state index contributed by atoms with van der Waals surface area (Å²) in [5, 5.41) is 13.9. The van der Waals surface area contributed by atoms with Crippen molar-refractivity contribution in [3.63, 3.8) is 0 Å². The quantitative estimate of drug-likeness (QED) is 0.382. The Kier molecular flexibility index (Phi) is 6.55. The Morgan fingerprint density at radius 1 is 1.00 bits per heavy atom. The van der Waals surface area contributed by atoms with Crippen LogP contribution in [0.2, 0.25) is 0 Å². The second-order valence-electron chi connectivity index (χ2n) is 9.70. The van der Waals surface area contributed by atoms with Crippen molar-refractivity contribution in [2.24, 2.45) is 13.0 Å². The van der Waals surface area contributed by atoms with Crippen molar-refractivity contribution in [3.05, 3.63) is 66.2 Å². The van der Waals surface area contributed by atoms with Crippen LogP contribution in [0, 0.1) is 5.92 Å². The molecule has 1 aliphatic heterocycles. The molecular weight excluding hydrogens is 438 g/mol. The van der Waals surface area contributed by atoms with Gasteiger partial charge in [0.25, 0.3) is 0 Å². The maximum Gasteiger partial charge on any atom is 0.169 e. The van der Waals surface area contributed by atoms with Crippen LogP contribution in [0.1, 0.15) is 29.9 Å². The van der Waals surface area contributed by atoms with Crippen LogP contribution in [0.15, 0.2) is 55.0 Å². The van der Waals surface area contributed by atoms with Gasteiger partial charge in [-0.05, 0) is 41.8 Å². The van der Waals surface area contributed by atoms with Gasteiger partial charge < -0.3 is 4.90 Å². The molecule has 8 nitrogen and oxygen atoms in total. The summed E-state index contributed by atoms with van der Waals surface area (Å²) < 4.78 is 1.78. The number of nitrogens with zero attached hydrogens (tertiary/aromatic N) is 7. The molecule has 4 aromatic rings. The Bertz CT molecular complexity index is 1340. The van der Waals surface area contributed by atoms with Gasteiger partial charge in [0, 0.05) is 68.7 Å². The number of ketones is 1. The number of carbonyl (C=O) groups excluding carboxylic acids is 1. The Morgan fingerprint density at radius 2 is 1.83 bits per heavy atom. The third-order valence-electron chi connectivity index (χ3n) is 6.40. The van der Waals surface area contributed by atoms with Crippen molar-refractivity contribution in [2.45, 2.75) is 20.3 Å². The van der Waals surface area contributed by atoms with Gasteiger partial charge in [-0.3, -0.25) is 14.4 Å². The number of rotatable bonds is 7. The van der Waals surface area contributed by atoms with Crippen LogP contribution >= 0.6 is 0 Å². The standard InChI is InChI=1S/C27H31N7O/c1-19(2)17-33-8-10-34(11-9-33)27-14-21(6-7-28-27)26(35)15-24-13-22-12-20(4-5-25(22)31-30-24)23-16-29-32(3)18-23/h4-7,12-14,16,18-19H,8-11,15,17H2,1-3H3. The van der Waals surface area contributed by atoms with Crippen molar-refractivity contribution in [2.75, 3.05) is 37.6 Å². The number of hydrogen-bond donors (Lipinski definition) is 0. The fraction of sp³-hybridized carbons (Fsp3) is 0.370. The van der Waals surface area contributed by atoms with E-state index in [0.29, 0.717) is 17.2 Å². The molecule has 180 valence electrons. The van der Waals surface area contributed by atoms with Crippen LogP contribution in [-0.4, -0.2) is 68.4 Å². The number of anilines is 1. The SMILES string of the molecule is CC(C)CN1CCN(c2cc(C(=O)Cc3cc4cc(-c5cnn(C)c5)ccc4nn3)ccn2)CC1. The number of fused-ring (bicyclic) bond motifs is 1. The number of benzene rings is 1. The van der Waals surface area contributed by atoms with E-state index in [1.165, 1.54) is 0 Å². The lowest BCUT2D eigenvalue weighted by Crippen LogP contribution is -2.47. The van der Waals surface area contributed by atoms with Crippen LogP contribution in [-0.2, 0) is 13.5 Å². The molecule has 0 N–H and O–H groups in total. The zero-order chi connectivity index (χ0) is 24.4. The molecule has 5 rings (SSSR count). The number of hydrogen-bond acceptors (Lipinski definition) is 7. The largest absolute Gasteiger partial charge is 0.354 e. The molecule has 0 bridgehead atoms. The molecule has 0 aliphatic carbocycles. The zero-order valence-electron chi connectivity index (χ0n) is 20.6. The number of aryl methyl sites for hydroxylation is 1. The minimum absolute atomic E-state index is 0.0177. The van der Waals surface area contributed by atoms with Crippen molar-refractivity contribution in [3.8, 4) is 11.1 Å². The molecule has 1 fully saturated rings. The van der Waals surface area contributed by atoms with Crippen LogP contribution < -0.4 is 4.90 Å². The molecule has 0 radical (unpaired) electrons. The predicted molar refractivity (Wildman–Crippen MR) is 138 cm³/mol. The molecule has 1 aliphatic rings. The molecule has 1 aromatic carbocycles. The molecule has 3 aromatic heterocycles. The smallest absolute Gasteiger partial charge is 0.169 e. The number of aromatic nitrogens is 5. The summed E-state index contributed by atoms with van der Waals surface area (Å²) in [5.41, 5.74) is 4.22. The Labute approximate surface area is 205 Å². The predicted octanol–water partition coefficient (Wildman–Crippen LogP) is 3.63. The highest BCUT2D eigenvalue weighted by Crippen LogP contribution is 2.24. The van der Waals surface area contributed by atoms with E-state index in [1.54, 1.807) is 16.9 Å². The number of pyridine rings is 1. The Balaban J connectivity index is 1.29. The molecule has 4 heterocycles. The maximum atomic E-state index is 13.1. The highest BCUT2D eigenvalue weighted by atomic mass is 16.1. The lowest BCUT2D eigenvalue weighted by Gasteiger charge is -2.36. The first kappa shape index (κ1) is 23.1. The molecule has 35 heavy (non-hydrogen) atoms. The molecule has 0 saturated carbocycles. The summed E-state index contributed by atoms with van der Waals surface area (Å²) >= 11 is 0. The fourth-order valence-corrected chi connectivity index (χ4v) is 4.63. The third-order valence-corrected chi connectivity index (χ3v) is 6.40. The van der Waals surface area contributed by atoms with E-state index in [-0.39, 0.29) is 12.2 Å². The van der Waals surface area contributed by atoms with E-state index in [2.05, 4.69) is 50.0 Å². The normalized spacial score (nSPS) is 14.7. The van der Waals surface area contributed by atoms with E-state index in [4.69, 9.17) is 0 Å². The topological polar surface area (TPSA) is 80.0 Å². The second-order valence-corrected chi connectivity index (χ2v) is 9.70. The molecule has 0 atom stereocenters. The van der Waals surface area contributed by atoms with Gasteiger partial charge in [0.1, 0.15) is 5.82 Å². The first-order chi connectivity index (χ1) is 16.9. The molecule has 1 saturated heterocycles. The summed E-state index contributed by atoms with van der Waals surface area (Å²) in [6, 6.07) is 11.7. The number of carbonyl (C=O) groups is 1. The van der Waals surface area contributed by atoms with Gasteiger partial charge in [-0.15, -0.1) is 0 Å². The van der Waals surface area contributed by atoms with Crippen LogP contribution in [0.4, 0.5) is 5.82 Å². The van der Waals surface area contributed by atoms with Crippen LogP contribution in [0.5, 0.6) is 0 Å². The van der Waals surface area contributed by atoms with E-state index >= 15 is 0 Å². The maximum absolute atomic E-state index is 13.1. The molecule has 0 unspecified atom stereocenters. The Hall–Kier alpha value is -3.65. The van der Waals surface area contributed by atoms with Gasteiger partial charge in [0.05, 0.1) is 23.8 Å². The summed E-state index contributed by atoms with van der Waals surface area (Å²) in [5.74, 6) is 1.55. The Morgan fingerprint density at radius 3 is 2.57 bits per heavy atom. The van der Waals surface area contributed by atoms with Crippen LogP contribution in [0.25, 0.3) is 22.0 Å². The molecule has 0 amide bonds. The van der Waals surface area contributed by atoms with E-state index in [0.717, 1.165) is 60.6 Å². The average molecular weight is 470 g/mol. The average Bonchev–Trinajstić information content (AvgIpc) is 3.30. The number of piperazine rings is 1. The van der Waals surface area contributed by atoms with Crippen molar-refractivity contribution < 1.29 is 4.79 Å². The zero-order valence-corrected chi connectivity index (χ0v) is 20.6. The minimum atomic E-state index is 0.0177. The highest BCUT2D eigenvalue weighted by Gasteiger charge is 2.20. The highest BCUT2D eigenvalue weighted by molar-refractivity contribution is 5.98. The lowest BCUT2D eigenvalue weighted by molar-refractivity contribution is 0.0991. The first-order valence-electron chi connectivity index (χ1n) is 12.2. The van der Waals surface area contributed by atoms with Crippen molar-refractivity contribution in [1.29, 1.82) is 0 Å². The van der Waals surface area contributed by atoms with E-state index in [1.807, 2.05) is 43.7 Å². The summed E-state index contributed by atoms with van der Waals surface area (Å²) in [4.78, 5) is 22.4. The molecule has 8 heteroatoms. The molecular formula is C27H31N7O. The summed E-state index contributed by atoms with van der Waals surface area (Å²) in [6.45, 7) is 9.51. The first-order valence-corrected chi connectivity index (χ1v) is 12.2. The summed E-state index contributed by atoms with van der Waals surface area (Å²) in [6.07, 6.45) is 5.75. The molecule has 0 spiro atoms. The van der Waals surface area contributed by atoms with Gasteiger partial charge in [-0.1, -0.05) is 19.9 Å². The van der Waals surface area contributed by atoms with Gasteiger partial charge in [0.2, 0.25) is 0 Å². The van der Waals surface area contributed by atoms with Gasteiger partial charge in [-0.25, -0.2) is 4.98 Å². The van der Waals surface area contributed by atoms with E-state index in [9.17, 15) is 4.79 Å². The van der Waals surface area contributed by atoms with Gasteiger partial charge in [-0.2, -0.15) is 15.3 Å². The lowest BCUT2D eigenvalue weighted by atomic mass is 10.0. The monoisotopic (exact) mass is 469 g/mol. The summed E-state index contributed by atoms with van der Waals surface area (Å²) in [7, 11) is 1.90. The fourth-order valence-electron chi connectivity index (χ4n) is 4.63. The van der Waals surface area contributed by atoms with Gasteiger partial charge >= 0.3 is 0 Å². The second kappa shape index (κ2) is 9.92. The minimum Gasteiger partial charge on any atom is -0.354 e. The van der Waals surface area contributed by atoms with Crippen molar-refractivity contribution in [1.82, 2.24) is 29.9 Å². The number of Topliss-reactive ketones (excluding diaryl/α,β-unsaturated/α-hetero) is 1. The van der Waals surface area contributed by atoms with Gasteiger partial charge in [0.15, 0.2) is 5.78 Å². The van der Waals surface area contributed by atoms with E-state index < -0.39 is 0 Å². The van der Waals surface area contributed by atoms with Crippen molar-refractivity contribution >= 4 is 22.5 Å². The third kappa shape index (κ3) is 5.38. The van der Waals surface area contributed by atoms with Crippen LogP contribution in [0.3, 0.4) is 0 Å².